The zero-order valence-corrected chi connectivity index (χ0v) is 11.0. The Morgan fingerprint density at radius 3 is 2.94 bits per heavy atom. The predicted octanol–water partition coefficient (Wildman–Crippen LogP) is 3.87. The Kier molecular flexibility index (Phi) is 2.15. The topological polar surface area (TPSA) is 9.23 Å². The Morgan fingerprint density at radius 1 is 1.28 bits per heavy atom. The molecule has 1 aromatic rings. The second-order valence-corrected chi connectivity index (χ2v) is 6.20. The van der Waals surface area contributed by atoms with Crippen LogP contribution in [0, 0.1) is 11.8 Å². The molecule has 1 saturated carbocycles. The first-order valence-electron chi connectivity index (χ1n) is 7.18. The molecule has 1 spiro atoms. The molecule has 0 amide bonds. The molecule has 1 fully saturated rings. The van der Waals surface area contributed by atoms with Gasteiger partial charge in [0.05, 0.1) is 7.11 Å². The molecule has 0 aromatic heterocycles. The highest BCUT2D eigenvalue weighted by Crippen LogP contribution is 2.59. The van der Waals surface area contributed by atoms with Gasteiger partial charge in [-0.05, 0) is 55.6 Å². The van der Waals surface area contributed by atoms with Crippen molar-refractivity contribution in [2.24, 2.45) is 11.8 Å². The number of allylic oxidation sites excluding steroid dienone is 2. The van der Waals surface area contributed by atoms with Crippen molar-refractivity contribution in [2.75, 3.05) is 7.11 Å². The maximum Gasteiger partial charge on any atom is 0.122 e. The van der Waals surface area contributed by atoms with Crippen molar-refractivity contribution in [1.29, 1.82) is 0 Å². The third-order valence-corrected chi connectivity index (χ3v) is 5.41. The summed E-state index contributed by atoms with van der Waals surface area (Å²) in [5.74, 6) is 2.72. The Morgan fingerprint density at radius 2 is 2.22 bits per heavy atom. The van der Waals surface area contributed by atoms with E-state index in [-0.39, 0.29) is 0 Å². The molecule has 3 aliphatic carbocycles. The van der Waals surface area contributed by atoms with Gasteiger partial charge in [-0.15, -0.1) is 0 Å². The first-order chi connectivity index (χ1) is 8.83. The molecule has 18 heavy (non-hydrogen) atoms. The number of aryl methyl sites for hydroxylation is 1. The standard InChI is InChI=1S/C17H20O/c1-18-15-6-2-4-13-5-3-9-17(16(13)15)11-12-7-8-14(17)10-12/h2,4,6-8,12,14H,3,5,9-11H2,1H3. The Hall–Kier alpha value is -1.24. The molecule has 1 nitrogen and oxygen atoms in total. The monoisotopic (exact) mass is 240 g/mol. The van der Waals surface area contributed by atoms with Crippen LogP contribution in [0.4, 0.5) is 0 Å². The molecule has 0 N–H and O–H groups in total. The first-order valence-corrected chi connectivity index (χ1v) is 7.18. The molecule has 0 aliphatic heterocycles. The van der Waals surface area contributed by atoms with Gasteiger partial charge in [-0.25, -0.2) is 0 Å². The number of benzene rings is 1. The van der Waals surface area contributed by atoms with Crippen molar-refractivity contribution in [3.05, 3.63) is 41.5 Å². The smallest absolute Gasteiger partial charge is 0.122 e. The van der Waals surface area contributed by atoms with E-state index < -0.39 is 0 Å². The fourth-order valence-corrected chi connectivity index (χ4v) is 4.77. The lowest BCUT2D eigenvalue weighted by Gasteiger charge is -2.42. The van der Waals surface area contributed by atoms with Crippen molar-refractivity contribution in [3.63, 3.8) is 0 Å². The molecule has 1 aromatic carbocycles. The van der Waals surface area contributed by atoms with Crippen LogP contribution in [0.3, 0.4) is 0 Å². The van der Waals surface area contributed by atoms with Crippen LogP contribution in [-0.2, 0) is 11.8 Å². The molecule has 2 bridgehead atoms. The molecule has 0 saturated heterocycles. The quantitative estimate of drug-likeness (QED) is 0.677. The van der Waals surface area contributed by atoms with Crippen molar-refractivity contribution in [3.8, 4) is 5.75 Å². The van der Waals surface area contributed by atoms with Crippen LogP contribution >= 0.6 is 0 Å². The fourth-order valence-electron chi connectivity index (χ4n) is 4.77. The van der Waals surface area contributed by atoms with Crippen molar-refractivity contribution >= 4 is 0 Å². The van der Waals surface area contributed by atoms with Crippen LogP contribution in [0.2, 0.25) is 0 Å². The maximum atomic E-state index is 5.68. The highest BCUT2D eigenvalue weighted by atomic mass is 16.5. The SMILES string of the molecule is COc1cccc2c1C1(CCC2)CC2C=CC1C2. The molecule has 3 atom stereocenters. The van der Waals surface area contributed by atoms with Gasteiger partial charge in [-0.2, -0.15) is 0 Å². The molecular formula is C17H20O. The molecule has 0 heterocycles. The Balaban J connectivity index is 1.92. The average molecular weight is 240 g/mol. The van der Waals surface area contributed by atoms with Gasteiger partial charge < -0.3 is 4.74 Å². The third kappa shape index (κ3) is 1.23. The van der Waals surface area contributed by atoms with Crippen LogP contribution in [0.15, 0.2) is 30.4 Å². The minimum absolute atomic E-state index is 0.402. The largest absolute Gasteiger partial charge is 0.496 e. The van der Waals surface area contributed by atoms with E-state index in [1.54, 1.807) is 11.1 Å². The van der Waals surface area contributed by atoms with Gasteiger partial charge in [0.15, 0.2) is 0 Å². The molecular weight excluding hydrogens is 220 g/mol. The van der Waals surface area contributed by atoms with Gasteiger partial charge in [-0.3, -0.25) is 0 Å². The number of fused-ring (bicyclic) bond motifs is 5. The normalized spacial score (nSPS) is 36.1. The van der Waals surface area contributed by atoms with Crippen LogP contribution in [0.25, 0.3) is 0 Å². The predicted molar refractivity (Wildman–Crippen MR) is 73.0 cm³/mol. The van der Waals surface area contributed by atoms with Gasteiger partial charge in [0.25, 0.3) is 0 Å². The van der Waals surface area contributed by atoms with Crippen molar-refractivity contribution in [2.45, 2.75) is 37.5 Å². The summed E-state index contributed by atoms with van der Waals surface area (Å²) in [7, 11) is 1.82. The van der Waals surface area contributed by atoms with Crippen LogP contribution in [0.5, 0.6) is 5.75 Å². The second kappa shape index (κ2) is 3.63. The van der Waals surface area contributed by atoms with Crippen LogP contribution in [-0.4, -0.2) is 7.11 Å². The lowest BCUT2D eigenvalue weighted by atomic mass is 9.63. The van der Waals surface area contributed by atoms with Gasteiger partial charge in [-0.1, -0.05) is 24.3 Å². The minimum atomic E-state index is 0.402. The zero-order chi connectivity index (χ0) is 12.2. The molecule has 0 radical (unpaired) electrons. The number of ether oxygens (including phenoxy) is 1. The summed E-state index contributed by atoms with van der Waals surface area (Å²) in [5.41, 5.74) is 3.50. The first kappa shape index (κ1) is 10.7. The van der Waals surface area contributed by atoms with E-state index in [0.29, 0.717) is 5.41 Å². The summed E-state index contributed by atoms with van der Waals surface area (Å²) in [6, 6.07) is 6.62. The highest BCUT2D eigenvalue weighted by Gasteiger charge is 2.51. The zero-order valence-electron chi connectivity index (χ0n) is 11.0. The summed E-state index contributed by atoms with van der Waals surface area (Å²) >= 11 is 0. The minimum Gasteiger partial charge on any atom is -0.496 e. The van der Waals surface area contributed by atoms with Gasteiger partial charge in [0.1, 0.15) is 5.75 Å². The van der Waals surface area contributed by atoms with Crippen LogP contribution < -0.4 is 4.74 Å². The molecule has 94 valence electrons. The fraction of sp³-hybridized carbons (Fsp3) is 0.529. The van der Waals surface area contributed by atoms with Crippen molar-refractivity contribution < 1.29 is 4.74 Å². The van der Waals surface area contributed by atoms with Gasteiger partial charge in [0, 0.05) is 11.0 Å². The van der Waals surface area contributed by atoms with Crippen molar-refractivity contribution in [1.82, 2.24) is 0 Å². The Bertz CT molecular complexity index is 502. The summed E-state index contributed by atoms with van der Waals surface area (Å²) < 4.78 is 5.68. The number of hydrogen-bond donors (Lipinski definition) is 0. The maximum absolute atomic E-state index is 5.68. The number of methoxy groups -OCH3 is 1. The molecule has 4 rings (SSSR count). The van der Waals surface area contributed by atoms with Gasteiger partial charge in [0.2, 0.25) is 0 Å². The summed E-state index contributed by atoms with van der Waals surface area (Å²) in [6.07, 6.45) is 11.6. The van der Waals surface area contributed by atoms with E-state index in [4.69, 9.17) is 4.74 Å². The van der Waals surface area contributed by atoms with E-state index in [1.807, 2.05) is 7.11 Å². The average Bonchev–Trinajstić information content (AvgIpc) is 2.99. The summed E-state index contributed by atoms with van der Waals surface area (Å²) in [5, 5.41) is 0. The lowest BCUT2D eigenvalue weighted by Crippen LogP contribution is -2.35. The van der Waals surface area contributed by atoms with E-state index in [1.165, 1.54) is 32.1 Å². The number of rotatable bonds is 1. The summed E-state index contributed by atoms with van der Waals surface area (Å²) in [4.78, 5) is 0. The van der Waals surface area contributed by atoms with E-state index >= 15 is 0 Å². The van der Waals surface area contributed by atoms with Crippen LogP contribution in [0.1, 0.15) is 36.8 Å². The highest BCUT2D eigenvalue weighted by molar-refractivity contribution is 5.50. The molecule has 1 heteroatoms. The van der Waals surface area contributed by atoms with Gasteiger partial charge >= 0.3 is 0 Å². The number of hydrogen-bond acceptors (Lipinski definition) is 1. The van der Waals surface area contributed by atoms with E-state index in [0.717, 1.165) is 17.6 Å². The van der Waals surface area contributed by atoms with E-state index in [2.05, 4.69) is 30.4 Å². The second-order valence-electron chi connectivity index (χ2n) is 6.20. The summed E-state index contributed by atoms with van der Waals surface area (Å²) in [6.45, 7) is 0. The molecule has 3 unspecified atom stereocenters. The molecule has 3 aliphatic rings. The Labute approximate surface area is 109 Å². The third-order valence-electron chi connectivity index (χ3n) is 5.41. The lowest BCUT2D eigenvalue weighted by molar-refractivity contribution is 0.286. The van der Waals surface area contributed by atoms with E-state index in [9.17, 15) is 0 Å².